The van der Waals surface area contributed by atoms with Gasteiger partial charge in [0, 0.05) is 7.05 Å². The smallest absolute Gasteiger partial charge is 0.354 e. The number of carboxylic acid groups (broad SMARTS) is 1. The maximum absolute atomic E-state index is 11.6. The van der Waals surface area contributed by atoms with Gasteiger partial charge in [0.2, 0.25) is 0 Å². The molecule has 2 rings (SSSR count). The zero-order valence-electron chi connectivity index (χ0n) is 9.27. The van der Waals surface area contributed by atoms with Gasteiger partial charge in [-0.05, 0) is 25.0 Å². The molecular weight excluding hydrogens is 224 g/mol. The van der Waals surface area contributed by atoms with Crippen molar-refractivity contribution in [3.8, 4) is 5.75 Å². The van der Waals surface area contributed by atoms with Crippen LogP contribution in [0.4, 0.5) is 0 Å². The maximum Gasteiger partial charge on any atom is 0.354 e. The number of hydrogen-bond acceptors (Lipinski definition) is 4. The summed E-state index contributed by atoms with van der Waals surface area (Å²) in [6.45, 7) is 0. The predicted molar refractivity (Wildman–Crippen MR) is 58.2 cm³/mol. The van der Waals surface area contributed by atoms with E-state index in [0.29, 0.717) is 5.75 Å². The van der Waals surface area contributed by atoms with Crippen LogP contribution in [-0.4, -0.2) is 35.1 Å². The van der Waals surface area contributed by atoms with Crippen LogP contribution >= 0.6 is 0 Å². The van der Waals surface area contributed by atoms with E-state index in [2.05, 4.69) is 10.3 Å². The SMILES string of the molecule is CNC(=O)c1nc(C(=O)O)ccc1OC1CC1. The molecule has 2 N–H and O–H groups in total. The Labute approximate surface area is 97.6 Å². The molecule has 0 saturated heterocycles. The molecule has 0 atom stereocenters. The van der Waals surface area contributed by atoms with Crippen LogP contribution in [0.25, 0.3) is 0 Å². The zero-order valence-corrected chi connectivity index (χ0v) is 9.27. The Morgan fingerprint density at radius 3 is 2.71 bits per heavy atom. The molecule has 6 nitrogen and oxygen atoms in total. The van der Waals surface area contributed by atoms with Crippen molar-refractivity contribution in [2.24, 2.45) is 0 Å². The number of nitrogens with one attached hydrogen (secondary N) is 1. The van der Waals surface area contributed by atoms with Crippen LogP contribution in [0.5, 0.6) is 5.75 Å². The first-order valence-electron chi connectivity index (χ1n) is 5.25. The summed E-state index contributed by atoms with van der Waals surface area (Å²) in [7, 11) is 1.46. The molecule has 6 heteroatoms. The summed E-state index contributed by atoms with van der Waals surface area (Å²) in [4.78, 5) is 26.1. The van der Waals surface area contributed by atoms with Crippen LogP contribution in [0.2, 0.25) is 0 Å². The third-order valence-electron chi connectivity index (χ3n) is 2.34. The second-order valence-electron chi connectivity index (χ2n) is 3.74. The fraction of sp³-hybridized carbons (Fsp3) is 0.364. The van der Waals surface area contributed by atoms with Crippen molar-refractivity contribution in [2.75, 3.05) is 7.05 Å². The average molecular weight is 236 g/mol. The molecule has 1 aromatic heterocycles. The molecule has 17 heavy (non-hydrogen) atoms. The van der Waals surface area contributed by atoms with Gasteiger partial charge in [0.1, 0.15) is 5.69 Å². The second-order valence-corrected chi connectivity index (χ2v) is 3.74. The number of aromatic carboxylic acids is 1. The molecule has 0 unspecified atom stereocenters. The lowest BCUT2D eigenvalue weighted by Gasteiger charge is -2.09. The number of ether oxygens (including phenoxy) is 1. The molecule has 1 aliphatic rings. The van der Waals surface area contributed by atoms with Crippen molar-refractivity contribution < 1.29 is 19.4 Å². The van der Waals surface area contributed by atoms with Crippen molar-refractivity contribution in [3.05, 3.63) is 23.5 Å². The van der Waals surface area contributed by atoms with E-state index in [1.807, 2.05) is 0 Å². The minimum absolute atomic E-state index is 0.0132. The lowest BCUT2D eigenvalue weighted by Crippen LogP contribution is -2.22. The van der Waals surface area contributed by atoms with Gasteiger partial charge < -0.3 is 15.2 Å². The third-order valence-corrected chi connectivity index (χ3v) is 2.34. The number of rotatable bonds is 4. The average Bonchev–Trinajstić information content (AvgIpc) is 3.12. The highest BCUT2D eigenvalue weighted by Crippen LogP contribution is 2.28. The van der Waals surface area contributed by atoms with Crippen molar-refractivity contribution in [2.45, 2.75) is 18.9 Å². The van der Waals surface area contributed by atoms with Gasteiger partial charge in [0.05, 0.1) is 6.10 Å². The lowest BCUT2D eigenvalue weighted by atomic mass is 10.2. The van der Waals surface area contributed by atoms with E-state index < -0.39 is 11.9 Å². The molecule has 1 aromatic rings. The van der Waals surface area contributed by atoms with Crippen LogP contribution < -0.4 is 10.1 Å². The summed E-state index contributed by atoms with van der Waals surface area (Å²) < 4.78 is 5.50. The van der Waals surface area contributed by atoms with Gasteiger partial charge in [0.15, 0.2) is 11.4 Å². The van der Waals surface area contributed by atoms with Crippen LogP contribution in [0.15, 0.2) is 12.1 Å². The maximum atomic E-state index is 11.6. The number of aromatic nitrogens is 1. The number of carboxylic acids is 1. The van der Waals surface area contributed by atoms with Crippen molar-refractivity contribution in [1.82, 2.24) is 10.3 Å². The Hall–Kier alpha value is -2.11. The first kappa shape index (κ1) is 11.4. The summed E-state index contributed by atoms with van der Waals surface area (Å²) in [5, 5.41) is 11.2. The first-order chi connectivity index (χ1) is 8.11. The lowest BCUT2D eigenvalue weighted by molar-refractivity contribution is 0.0690. The van der Waals surface area contributed by atoms with Crippen LogP contribution in [-0.2, 0) is 0 Å². The zero-order chi connectivity index (χ0) is 12.4. The Kier molecular flexibility index (Phi) is 2.95. The van der Waals surface area contributed by atoms with Gasteiger partial charge >= 0.3 is 5.97 Å². The third kappa shape index (κ3) is 2.52. The summed E-state index contributed by atoms with van der Waals surface area (Å²) in [5.74, 6) is -1.30. The van der Waals surface area contributed by atoms with Crippen LogP contribution in [0.3, 0.4) is 0 Å². The number of carbonyl (C=O) groups is 2. The molecule has 0 aliphatic heterocycles. The number of nitrogens with zero attached hydrogens (tertiary/aromatic N) is 1. The molecule has 0 bridgehead atoms. The summed E-state index contributed by atoms with van der Waals surface area (Å²) in [6.07, 6.45) is 2.03. The molecule has 1 heterocycles. The number of hydrogen-bond donors (Lipinski definition) is 2. The normalized spacial score (nSPS) is 14.2. The molecule has 1 aliphatic carbocycles. The van der Waals surface area contributed by atoms with Gasteiger partial charge in [-0.1, -0.05) is 0 Å². The standard InChI is InChI=1S/C11H12N2O4/c1-12-10(14)9-8(17-6-2-3-6)5-4-7(13-9)11(15)16/h4-6H,2-3H2,1H3,(H,12,14)(H,15,16). The highest BCUT2D eigenvalue weighted by atomic mass is 16.5. The van der Waals surface area contributed by atoms with Crippen molar-refractivity contribution in [1.29, 1.82) is 0 Å². The molecule has 1 amide bonds. The molecular formula is C11H12N2O4. The number of pyridine rings is 1. The summed E-state index contributed by atoms with van der Waals surface area (Å²) in [6, 6.07) is 2.80. The highest BCUT2D eigenvalue weighted by Gasteiger charge is 2.26. The number of amides is 1. The highest BCUT2D eigenvalue weighted by molar-refractivity contribution is 5.96. The number of carbonyl (C=O) groups excluding carboxylic acids is 1. The Bertz CT molecular complexity index is 469. The van der Waals surface area contributed by atoms with Crippen molar-refractivity contribution >= 4 is 11.9 Å². The van der Waals surface area contributed by atoms with E-state index in [9.17, 15) is 9.59 Å². The topological polar surface area (TPSA) is 88.5 Å². The minimum Gasteiger partial charge on any atom is -0.488 e. The van der Waals surface area contributed by atoms with E-state index in [4.69, 9.17) is 9.84 Å². The molecule has 0 spiro atoms. The minimum atomic E-state index is -1.17. The van der Waals surface area contributed by atoms with E-state index in [0.717, 1.165) is 12.8 Å². The molecule has 90 valence electrons. The predicted octanol–water partition coefficient (Wildman–Crippen LogP) is 0.681. The fourth-order valence-corrected chi connectivity index (χ4v) is 1.31. The Morgan fingerprint density at radius 1 is 1.47 bits per heavy atom. The van der Waals surface area contributed by atoms with Gasteiger partial charge in [-0.25, -0.2) is 9.78 Å². The molecule has 1 saturated carbocycles. The van der Waals surface area contributed by atoms with Gasteiger partial charge in [-0.15, -0.1) is 0 Å². The molecule has 0 radical (unpaired) electrons. The fourth-order valence-electron chi connectivity index (χ4n) is 1.31. The van der Waals surface area contributed by atoms with E-state index in [-0.39, 0.29) is 17.5 Å². The summed E-state index contributed by atoms with van der Waals surface area (Å²) in [5.41, 5.74) is -0.161. The quantitative estimate of drug-likeness (QED) is 0.802. The Balaban J connectivity index is 2.35. The molecule has 0 aromatic carbocycles. The monoisotopic (exact) mass is 236 g/mol. The second kappa shape index (κ2) is 4.40. The summed E-state index contributed by atoms with van der Waals surface area (Å²) >= 11 is 0. The Morgan fingerprint density at radius 2 is 2.18 bits per heavy atom. The van der Waals surface area contributed by atoms with Crippen LogP contribution in [0, 0.1) is 0 Å². The molecule has 1 fully saturated rings. The van der Waals surface area contributed by atoms with Crippen LogP contribution in [0.1, 0.15) is 33.8 Å². The van der Waals surface area contributed by atoms with E-state index in [1.54, 1.807) is 0 Å². The largest absolute Gasteiger partial charge is 0.488 e. The van der Waals surface area contributed by atoms with Gasteiger partial charge in [-0.3, -0.25) is 4.79 Å². The first-order valence-corrected chi connectivity index (χ1v) is 5.25. The van der Waals surface area contributed by atoms with Gasteiger partial charge in [0.25, 0.3) is 5.91 Å². The van der Waals surface area contributed by atoms with E-state index >= 15 is 0 Å². The van der Waals surface area contributed by atoms with E-state index in [1.165, 1.54) is 19.2 Å². The van der Waals surface area contributed by atoms with Gasteiger partial charge in [-0.2, -0.15) is 0 Å². The van der Waals surface area contributed by atoms with Crippen molar-refractivity contribution in [3.63, 3.8) is 0 Å².